The van der Waals surface area contributed by atoms with Crippen molar-refractivity contribution < 1.29 is 9.84 Å². The highest BCUT2D eigenvalue weighted by Crippen LogP contribution is 2.27. The zero-order valence-corrected chi connectivity index (χ0v) is 10.3. The number of hydrogen-bond donors (Lipinski definition) is 2. The number of aliphatic hydroxyl groups excluding tert-OH is 1. The minimum atomic E-state index is -0.420. The summed E-state index contributed by atoms with van der Waals surface area (Å²) in [7, 11) is 0. The van der Waals surface area contributed by atoms with Crippen LogP contribution in [-0.2, 0) is 0 Å². The molecule has 0 radical (unpaired) electrons. The third-order valence-electron chi connectivity index (χ3n) is 2.10. The van der Waals surface area contributed by atoms with Gasteiger partial charge in [-0.2, -0.15) is 0 Å². The Bertz CT molecular complexity index is 334. The van der Waals surface area contributed by atoms with E-state index < -0.39 is 6.10 Å². The molecule has 0 aliphatic heterocycles. The third kappa shape index (κ3) is 4.58. The minimum Gasteiger partial charge on any atom is -0.492 e. The molecule has 3 N–H and O–H groups in total. The quantitative estimate of drug-likeness (QED) is 0.829. The maximum absolute atomic E-state index is 9.43. The number of aliphatic hydroxyl groups is 1. The summed E-state index contributed by atoms with van der Waals surface area (Å²) in [6, 6.07) is 5.04. The monoisotopic (exact) mass is 263 g/mol. The second-order valence-electron chi connectivity index (χ2n) is 3.44. The maximum Gasteiger partial charge on any atom is 0.137 e. The zero-order chi connectivity index (χ0) is 12.0. The van der Waals surface area contributed by atoms with Gasteiger partial charge < -0.3 is 15.6 Å². The summed E-state index contributed by atoms with van der Waals surface area (Å²) in [5.41, 5.74) is 5.32. The molecule has 0 saturated heterocycles. The topological polar surface area (TPSA) is 55.5 Å². The van der Waals surface area contributed by atoms with Crippen molar-refractivity contribution in [3.05, 3.63) is 28.2 Å². The first-order valence-electron chi connectivity index (χ1n) is 5.09. The van der Waals surface area contributed by atoms with Crippen molar-refractivity contribution >= 4 is 23.2 Å². The average molecular weight is 264 g/mol. The van der Waals surface area contributed by atoms with Crippen LogP contribution < -0.4 is 10.5 Å². The molecule has 0 aromatic heterocycles. The molecule has 0 saturated carbocycles. The van der Waals surface area contributed by atoms with Crippen LogP contribution in [0, 0.1) is 0 Å². The molecule has 3 nitrogen and oxygen atoms in total. The summed E-state index contributed by atoms with van der Waals surface area (Å²) in [5, 5.41) is 10.5. The van der Waals surface area contributed by atoms with Crippen molar-refractivity contribution in [1.82, 2.24) is 0 Å². The van der Waals surface area contributed by atoms with Crippen LogP contribution in [-0.4, -0.2) is 24.4 Å². The van der Waals surface area contributed by atoms with E-state index in [2.05, 4.69) is 0 Å². The van der Waals surface area contributed by atoms with E-state index in [1.807, 2.05) is 0 Å². The van der Waals surface area contributed by atoms with Crippen LogP contribution in [0.25, 0.3) is 0 Å². The van der Waals surface area contributed by atoms with E-state index >= 15 is 0 Å². The molecule has 16 heavy (non-hydrogen) atoms. The standard InChI is InChI=1S/C11H15Cl2NO2/c12-8-1-2-11(10(13)7-8)16-6-4-9(15)3-5-14/h1-2,7,9,15H,3-6,14H2. The van der Waals surface area contributed by atoms with Crippen LogP contribution in [0.2, 0.25) is 10.0 Å². The van der Waals surface area contributed by atoms with E-state index in [4.69, 9.17) is 33.7 Å². The molecule has 0 bridgehead atoms. The van der Waals surface area contributed by atoms with Crippen LogP contribution in [0.5, 0.6) is 5.75 Å². The molecule has 1 aromatic carbocycles. The highest BCUT2D eigenvalue weighted by atomic mass is 35.5. The Morgan fingerprint density at radius 2 is 2.06 bits per heavy atom. The number of ether oxygens (including phenoxy) is 1. The lowest BCUT2D eigenvalue weighted by Crippen LogP contribution is -2.16. The normalized spacial score (nSPS) is 12.5. The van der Waals surface area contributed by atoms with Crippen LogP contribution >= 0.6 is 23.2 Å². The van der Waals surface area contributed by atoms with Crippen molar-refractivity contribution in [2.75, 3.05) is 13.2 Å². The second-order valence-corrected chi connectivity index (χ2v) is 4.29. The number of benzene rings is 1. The van der Waals surface area contributed by atoms with Crippen molar-refractivity contribution in [2.45, 2.75) is 18.9 Å². The summed E-state index contributed by atoms with van der Waals surface area (Å²) in [5.74, 6) is 0.575. The molecule has 5 heteroatoms. The van der Waals surface area contributed by atoms with Gasteiger partial charge in [0.2, 0.25) is 0 Å². The Morgan fingerprint density at radius 3 is 2.69 bits per heavy atom. The summed E-state index contributed by atoms with van der Waals surface area (Å²) < 4.78 is 5.42. The van der Waals surface area contributed by atoms with Gasteiger partial charge >= 0.3 is 0 Å². The van der Waals surface area contributed by atoms with Crippen molar-refractivity contribution in [3.8, 4) is 5.75 Å². The number of halogens is 2. The molecule has 0 spiro atoms. The predicted molar refractivity (Wildman–Crippen MR) is 66.3 cm³/mol. The van der Waals surface area contributed by atoms with Crippen molar-refractivity contribution in [3.63, 3.8) is 0 Å². The fourth-order valence-corrected chi connectivity index (χ4v) is 1.70. The van der Waals surface area contributed by atoms with E-state index in [9.17, 15) is 5.11 Å². The molecule has 1 unspecified atom stereocenters. The molecule has 1 aromatic rings. The number of hydrogen-bond acceptors (Lipinski definition) is 3. The Kier molecular flexibility index (Phi) is 5.91. The van der Waals surface area contributed by atoms with E-state index in [0.717, 1.165) is 0 Å². The Morgan fingerprint density at radius 1 is 1.31 bits per heavy atom. The molecular formula is C11H15Cl2NO2. The molecule has 1 atom stereocenters. The van der Waals surface area contributed by atoms with E-state index in [0.29, 0.717) is 41.8 Å². The van der Waals surface area contributed by atoms with Gasteiger partial charge in [-0.05, 0) is 31.2 Å². The number of nitrogens with two attached hydrogens (primary N) is 1. The van der Waals surface area contributed by atoms with Gasteiger partial charge in [0.05, 0.1) is 17.7 Å². The SMILES string of the molecule is NCCC(O)CCOc1ccc(Cl)cc1Cl. The lowest BCUT2D eigenvalue weighted by atomic mass is 10.2. The molecule has 0 aliphatic rings. The van der Waals surface area contributed by atoms with Gasteiger partial charge in [0.25, 0.3) is 0 Å². The first kappa shape index (κ1) is 13.6. The largest absolute Gasteiger partial charge is 0.492 e. The Balaban J connectivity index is 2.37. The summed E-state index contributed by atoms with van der Waals surface area (Å²) in [6.45, 7) is 0.880. The number of rotatable bonds is 6. The van der Waals surface area contributed by atoms with Crippen LogP contribution in [0.1, 0.15) is 12.8 Å². The summed E-state index contributed by atoms with van der Waals surface area (Å²) >= 11 is 11.7. The molecule has 90 valence electrons. The van der Waals surface area contributed by atoms with E-state index in [-0.39, 0.29) is 0 Å². The van der Waals surface area contributed by atoms with Gasteiger partial charge in [-0.25, -0.2) is 0 Å². The van der Waals surface area contributed by atoms with Gasteiger partial charge in [-0.1, -0.05) is 23.2 Å². The molecule has 0 heterocycles. The summed E-state index contributed by atoms with van der Waals surface area (Å²) in [6.07, 6.45) is 0.699. The Hall–Kier alpha value is -0.480. The highest BCUT2D eigenvalue weighted by molar-refractivity contribution is 6.35. The maximum atomic E-state index is 9.43. The predicted octanol–water partition coefficient (Wildman–Crippen LogP) is 2.47. The van der Waals surface area contributed by atoms with Gasteiger partial charge in [-0.15, -0.1) is 0 Å². The van der Waals surface area contributed by atoms with Gasteiger partial charge in [-0.3, -0.25) is 0 Å². The van der Waals surface area contributed by atoms with Crippen LogP contribution in [0.15, 0.2) is 18.2 Å². The molecule has 0 aliphatic carbocycles. The lowest BCUT2D eigenvalue weighted by Gasteiger charge is -2.11. The first-order valence-corrected chi connectivity index (χ1v) is 5.85. The first-order chi connectivity index (χ1) is 7.63. The Labute approximate surface area is 105 Å². The minimum absolute atomic E-state index is 0.405. The van der Waals surface area contributed by atoms with Crippen molar-refractivity contribution in [1.29, 1.82) is 0 Å². The van der Waals surface area contributed by atoms with E-state index in [1.54, 1.807) is 18.2 Å². The van der Waals surface area contributed by atoms with Gasteiger partial charge in [0.1, 0.15) is 5.75 Å². The van der Waals surface area contributed by atoms with Gasteiger partial charge in [0, 0.05) is 11.4 Å². The summed E-state index contributed by atoms with van der Waals surface area (Å²) in [4.78, 5) is 0. The zero-order valence-electron chi connectivity index (χ0n) is 8.83. The average Bonchev–Trinajstić information content (AvgIpc) is 2.22. The molecular weight excluding hydrogens is 249 g/mol. The third-order valence-corrected chi connectivity index (χ3v) is 2.63. The second kappa shape index (κ2) is 6.97. The highest BCUT2D eigenvalue weighted by Gasteiger charge is 2.05. The van der Waals surface area contributed by atoms with Crippen LogP contribution in [0.4, 0.5) is 0 Å². The van der Waals surface area contributed by atoms with E-state index in [1.165, 1.54) is 0 Å². The van der Waals surface area contributed by atoms with Gasteiger partial charge in [0.15, 0.2) is 0 Å². The van der Waals surface area contributed by atoms with Crippen LogP contribution in [0.3, 0.4) is 0 Å². The smallest absolute Gasteiger partial charge is 0.137 e. The van der Waals surface area contributed by atoms with Crippen molar-refractivity contribution in [2.24, 2.45) is 5.73 Å². The molecule has 0 fully saturated rings. The fraction of sp³-hybridized carbons (Fsp3) is 0.455. The lowest BCUT2D eigenvalue weighted by molar-refractivity contribution is 0.133. The molecule has 0 amide bonds. The fourth-order valence-electron chi connectivity index (χ4n) is 1.23. The molecule has 1 rings (SSSR count).